The number of nitrogens with two attached hydrogens (primary N) is 1. The van der Waals surface area contributed by atoms with E-state index in [0.717, 1.165) is 18.0 Å². The fraction of sp³-hybridized carbons (Fsp3) is 0.562. The van der Waals surface area contributed by atoms with E-state index >= 15 is 0 Å². The topological polar surface area (TPSA) is 29.3 Å². The molecule has 0 heterocycles. The van der Waals surface area contributed by atoms with Gasteiger partial charge in [-0.15, -0.1) is 0 Å². The van der Waals surface area contributed by atoms with Crippen LogP contribution in [0.25, 0.3) is 0 Å². The summed E-state index contributed by atoms with van der Waals surface area (Å²) in [6.07, 6.45) is 6.99. The Bertz CT molecular complexity index is 450. The van der Waals surface area contributed by atoms with Crippen LogP contribution in [0.15, 0.2) is 18.2 Å². The highest BCUT2D eigenvalue weighted by Crippen LogP contribution is 2.26. The smallest absolute Gasteiger partial charge is 0.104 e. The van der Waals surface area contributed by atoms with Crippen LogP contribution in [0.2, 0.25) is 0 Å². The molecule has 0 aliphatic heterocycles. The lowest BCUT2D eigenvalue weighted by Crippen LogP contribution is -2.27. The van der Waals surface area contributed by atoms with E-state index in [1.165, 1.54) is 43.4 Å². The van der Waals surface area contributed by atoms with Gasteiger partial charge in [0.2, 0.25) is 0 Å². The molecule has 1 aliphatic carbocycles. The second kappa shape index (κ2) is 6.38. The molecule has 0 radical (unpaired) electrons. The Kier molecular flexibility index (Phi) is 4.81. The van der Waals surface area contributed by atoms with E-state index < -0.39 is 0 Å². The molecule has 1 aromatic rings. The fourth-order valence-electron chi connectivity index (χ4n) is 3.02. The summed E-state index contributed by atoms with van der Waals surface area (Å²) in [5.41, 5.74) is 9.13. The molecule has 0 amide bonds. The molecule has 0 saturated heterocycles. The van der Waals surface area contributed by atoms with Crippen molar-refractivity contribution in [1.29, 1.82) is 0 Å². The molecule has 0 unspecified atom stereocenters. The quantitative estimate of drug-likeness (QED) is 0.851. The van der Waals surface area contributed by atoms with Crippen molar-refractivity contribution < 1.29 is 0 Å². The number of thiocarbonyl (C=S) groups is 1. The zero-order valence-electron chi connectivity index (χ0n) is 12.0. The number of nitrogens with zero attached hydrogens (tertiary/aromatic N) is 1. The van der Waals surface area contributed by atoms with Crippen LogP contribution >= 0.6 is 12.2 Å². The van der Waals surface area contributed by atoms with Gasteiger partial charge in [0.05, 0.1) is 0 Å². The van der Waals surface area contributed by atoms with E-state index in [1.807, 2.05) is 6.07 Å². The van der Waals surface area contributed by atoms with Crippen molar-refractivity contribution in [3.63, 3.8) is 0 Å². The average molecular weight is 276 g/mol. The molecule has 19 heavy (non-hydrogen) atoms. The van der Waals surface area contributed by atoms with E-state index in [0.29, 0.717) is 4.99 Å². The highest BCUT2D eigenvalue weighted by atomic mass is 32.1. The summed E-state index contributed by atoms with van der Waals surface area (Å²) in [5, 5.41) is 0. The largest absolute Gasteiger partial charge is 0.389 e. The van der Waals surface area contributed by atoms with Crippen LogP contribution < -0.4 is 10.6 Å². The van der Waals surface area contributed by atoms with Gasteiger partial charge in [0.15, 0.2) is 0 Å². The van der Waals surface area contributed by atoms with Gasteiger partial charge in [-0.2, -0.15) is 0 Å². The predicted octanol–water partition coefficient (Wildman–Crippen LogP) is 3.65. The molecule has 0 atom stereocenters. The van der Waals surface area contributed by atoms with Gasteiger partial charge in [0, 0.05) is 24.8 Å². The maximum Gasteiger partial charge on any atom is 0.104 e. The van der Waals surface area contributed by atoms with Gasteiger partial charge in [-0.3, -0.25) is 0 Å². The summed E-state index contributed by atoms with van der Waals surface area (Å²) in [6, 6.07) is 6.37. The Morgan fingerprint density at radius 2 is 2.00 bits per heavy atom. The van der Waals surface area contributed by atoms with Crippen molar-refractivity contribution in [2.45, 2.75) is 39.0 Å². The van der Waals surface area contributed by atoms with Crippen LogP contribution in [0.3, 0.4) is 0 Å². The number of hydrogen-bond donors (Lipinski definition) is 1. The highest BCUT2D eigenvalue weighted by molar-refractivity contribution is 7.80. The third-order valence-electron chi connectivity index (χ3n) is 4.17. The second-order valence-corrected chi connectivity index (χ2v) is 6.19. The number of rotatable bonds is 4. The summed E-state index contributed by atoms with van der Waals surface area (Å²) in [4.78, 5) is 2.85. The summed E-state index contributed by atoms with van der Waals surface area (Å²) >= 11 is 5.05. The van der Waals surface area contributed by atoms with Gasteiger partial charge in [0.1, 0.15) is 4.99 Å². The van der Waals surface area contributed by atoms with E-state index in [4.69, 9.17) is 18.0 Å². The average Bonchev–Trinajstić information content (AvgIpc) is 2.39. The van der Waals surface area contributed by atoms with Crippen LogP contribution in [-0.4, -0.2) is 18.6 Å². The summed E-state index contributed by atoms with van der Waals surface area (Å²) in [5.74, 6) is 0.856. The third kappa shape index (κ3) is 3.69. The Balaban J connectivity index is 2.04. The minimum absolute atomic E-state index is 0.485. The highest BCUT2D eigenvalue weighted by Gasteiger charge is 2.16. The lowest BCUT2D eigenvalue weighted by Gasteiger charge is -2.28. The lowest BCUT2D eigenvalue weighted by atomic mass is 9.89. The first-order valence-corrected chi connectivity index (χ1v) is 7.60. The minimum Gasteiger partial charge on any atom is -0.389 e. The molecule has 1 aromatic carbocycles. The Morgan fingerprint density at radius 1 is 1.32 bits per heavy atom. The molecule has 3 heteroatoms. The van der Waals surface area contributed by atoms with Crippen LogP contribution in [0.4, 0.5) is 5.69 Å². The van der Waals surface area contributed by atoms with Crippen molar-refractivity contribution in [3.8, 4) is 0 Å². The zero-order chi connectivity index (χ0) is 13.8. The van der Waals surface area contributed by atoms with E-state index in [9.17, 15) is 0 Å². The first-order valence-electron chi connectivity index (χ1n) is 7.19. The minimum atomic E-state index is 0.485. The maximum atomic E-state index is 5.71. The summed E-state index contributed by atoms with van der Waals surface area (Å²) < 4.78 is 0. The normalized spacial score (nSPS) is 16.3. The molecule has 2 nitrogen and oxygen atoms in total. The van der Waals surface area contributed by atoms with Crippen molar-refractivity contribution in [1.82, 2.24) is 0 Å². The molecule has 1 saturated carbocycles. The SMILES string of the molecule is Cc1cc(N(C)CC2CCCCC2)ccc1C(N)=S. The molecule has 1 aliphatic rings. The predicted molar refractivity (Wildman–Crippen MR) is 86.9 cm³/mol. The van der Waals surface area contributed by atoms with Crippen molar-refractivity contribution in [2.75, 3.05) is 18.5 Å². The van der Waals surface area contributed by atoms with Crippen molar-refractivity contribution >= 4 is 22.9 Å². The Labute approximate surface area is 122 Å². The van der Waals surface area contributed by atoms with Gasteiger partial charge in [-0.1, -0.05) is 31.5 Å². The third-order valence-corrected chi connectivity index (χ3v) is 4.39. The number of anilines is 1. The van der Waals surface area contributed by atoms with Gasteiger partial charge < -0.3 is 10.6 Å². The molecular weight excluding hydrogens is 252 g/mol. The van der Waals surface area contributed by atoms with Gasteiger partial charge >= 0.3 is 0 Å². The van der Waals surface area contributed by atoms with E-state index in [2.05, 4.69) is 31.0 Å². The molecule has 2 N–H and O–H groups in total. The number of benzene rings is 1. The first-order chi connectivity index (χ1) is 9.08. The molecule has 2 rings (SSSR count). The van der Waals surface area contributed by atoms with Gasteiger partial charge in [0.25, 0.3) is 0 Å². The van der Waals surface area contributed by atoms with Crippen molar-refractivity contribution in [2.24, 2.45) is 11.7 Å². The Hall–Kier alpha value is -1.09. The van der Waals surface area contributed by atoms with Crippen LogP contribution in [-0.2, 0) is 0 Å². The molecule has 0 spiro atoms. The van der Waals surface area contributed by atoms with Crippen LogP contribution in [0, 0.1) is 12.8 Å². The number of aryl methyl sites for hydroxylation is 1. The zero-order valence-corrected chi connectivity index (χ0v) is 12.8. The number of hydrogen-bond acceptors (Lipinski definition) is 2. The summed E-state index contributed by atoms with van der Waals surface area (Å²) in [7, 11) is 2.18. The van der Waals surface area contributed by atoms with E-state index in [1.54, 1.807) is 0 Å². The second-order valence-electron chi connectivity index (χ2n) is 5.75. The van der Waals surface area contributed by atoms with Gasteiger partial charge in [-0.25, -0.2) is 0 Å². The molecule has 0 bridgehead atoms. The van der Waals surface area contributed by atoms with E-state index in [-0.39, 0.29) is 0 Å². The summed E-state index contributed by atoms with van der Waals surface area (Å²) in [6.45, 7) is 3.23. The van der Waals surface area contributed by atoms with Crippen LogP contribution in [0.5, 0.6) is 0 Å². The standard InChI is InChI=1S/C16H24N2S/c1-12-10-14(8-9-15(12)16(17)19)18(2)11-13-6-4-3-5-7-13/h8-10,13H,3-7,11H2,1-2H3,(H2,17,19). The molecule has 0 aromatic heterocycles. The fourth-order valence-corrected chi connectivity index (χ4v) is 3.25. The lowest BCUT2D eigenvalue weighted by molar-refractivity contribution is 0.362. The first kappa shape index (κ1) is 14.3. The molecule has 1 fully saturated rings. The van der Waals surface area contributed by atoms with Gasteiger partial charge in [-0.05, 0) is 49.4 Å². The molecule has 104 valence electrons. The maximum absolute atomic E-state index is 5.71. The van der Waals surface area contributed by atoms with Crippen LogP contribution in [0.1, 0.15) is 43.2 Å². The molecular formula is C16H24N2S. The Morgan fingerprint density at radius 3 is 2.58 bits per heavy atom. The monoisotopic (exact) mass is 276 g/mol. The van der Waals surface area contributed by atoms with Crippen molar-refractivity contribution in [3.05, 3.63) is 29.3 Å².